The largest absolute Gasteiger partial charge is 0.459 e. The maximum absolute atomic E-state index is 11.8. The lowest BCUT2D eigenvalue weighted by atomic mass is 10.1. The molecule has 4 rings (SSSR count). The summed E-state index contributed by atoms with van der Waals surface area (Å²) < 4.78 is 7.03. The number of hydrogen-bond acceptors (Lipinski definition) is 3. The minimum absolute atomic E-state index is 0.224. The van der Waals surface area contributed by atoms with Crippen LogP contribution in [0.5, 0.6) is 0 Å². The van der Waals surface area contributed by atoms with Crippen molar-refractivity contribution in [3.8, 4) is 5.69 Å². The molecule has 5 nitrogen and oxygen atoms in total. The molecule has 0 spiro atoms. The molecule has 0 aliphatic rings. The molecule has 4 aromatic rings. The molecule has 0 atom stereocenters. The third-order valence-electron chi connectivity index (χ3n) is 3.90. The molecule has 2 aromatic carbocycles. The predicted octanol–water partition coefficient (Wildman–Crippen LogP) is 3.99. The zero-order valence-electron chi connectivity index (χ0n) is 13.3. The second-order valence-electron chi connectivity index (χ2n) is 5.51. The van der Waals surface area contributed by atoms with Gasteiger partial charge in [-0.3, -0.25) is 4.79 Å². The first-order valence-electron chi connectivity index (χ1n) is 7.85. The molecule has 122 valence electrons. The lowest BCUT2D eigenvalue weighted by Crippen LogP contribution is -2.17. The van der Waals surface area contributed by atoms with Gasteiger partial charge < -0.3 is 8.98 Å². The molecule has 0 saturated carbocycles. The van der Waals surface area contributed by atoms with Crippen molar-refractivity contribution in [3.05, 3.63) is 90.6 Å². The number of nitrogens with one attached hydrogen (secondary N) is 1. The van der Waals surface area contributed by atoms with Gasteiger partial charge in [0, 0.05) is 11.9 Å². The molecule has 0 aliphatic carbocycles. The van der Waals surface area contributed by atoms with E-state index in [1.165, 1.54) is 17.0 Å². The van der Waals surface area contributed by atoms with Gasteiger partial charge >= 0.3 is 5.91 Å². The van der Waals surface area contributed by atoms with Crippen molar-refractivity contribution in [2.24, 2.45) is 5.10 Å². The topological polar surface area (TPSA) is 59.5 Å². The number of nitrogens with zero attached hydrogens (tertiary/aromatic N) is 2. The van der Waals surface area contributed by atoms with Crippen LogP contribution in [0.2, 0.25) is 0 Å². The maximum atomic E-state index is 11.8. The molecule has 0 unspecified atom stereocenters. The van der Waals surface area contributed by atoms with Crippen molar-refractivity contribution in [1.29, 1.82) is 0 Å². The average molecular weight is 329 g/mol. The van der Waals surface area contributed by atoms with E-state index < -0.39 is 0 Å². The molecule has 2 heterocycles. The highest BCUT2D eigenvalue weighted by Crippen LogP contribution is 2.19. The SMILES string of the molecule is O=C(N/N=C\c1cccn1-c1ccc2ccccc2c1)c1ccco1. The van der Waals surface area contributed by atoms with Crippen LogP contribution in [0, 0.1) is 0 Å². The summed E-state index contributed by atoms with van der Waals surface area (Å²) in [5.41, 5.74) is 4.34. The summed E-state index contributed by atoms with van der Waals surface area (Å²) in [5, 5.41) is 6.38. The van der Waals surface area contributed by atoms with E-state index in [1.54, 1.807) is 18.3 Å². The van der Waals surface area contributed by atoms with E-state index in [1.807, 2.05) is 35.0 Å². The van der Waals surface area contributed by atoms with Gasteiger partial charge in [-0.15, -0.1) is 0 Å². The molecule has 0 fully saturated rings. The Morgan fingerprint density at radius 1 is 1.00 bits per heavy atom. The second kappa shape index (κ2) is 6.49. The first-order valence-corrected chi connectivity index (χ1v) is 7.85. The molecule has 0 saturated heterocycles. The van der Waals surface area contributed by atoms with Crippen LogP contribution in [0.3, 0.4) is 0 Å². The van der Waals surface area contributed by atoms with Gasteiger partial charge in [-0.25, -0.2) is 5.43 Å². The summed E-state index contributed by atoms with van der Waals surface area (Å²) in [6.07, 6.45) is 5.01. The quantitative estimate of drug-likeness (QED) is 0.455. The summed E-state index contributed by atoms with van der Waals surface area (Å²) in [4.78, 5) is 11.8. The number of hydrogen-bond donors (Lipinski definition) is 1. The minimum atomic E-state index is -0.384. The fraction of sp³-hybridized carbons (Fsp3) is 0. The summed E-state index contributed by atoms with van der Waals surface area (Å²) in [6, 6.07) is 21.6. The van der Waals surface area contributed by atoms with Crippen molar-refractivity contribution in [2.45, 2.75) is 0 Å². The highest BCUT2D eigenvalue weighted by atomic mass is 16.3. The van der Waals surface area contributed by atoms with Gasteiger partial charge in [0.15, 0.2) is 5.76 Å². The lowest BCUT2D eigenvalue weighted by molar-refractivity contribution is 0.0927. The molecule has 0 bridgehead atoms. The van der Waals surface area contributed by atoms with Gasteiger partial charge in [-0.2, -0.15) is 5.10 Å². The zero-order valence-corrected chi connectivity index (χ0v) is 13.3. The third kappa shape index (κ3) is 3.07. The number of carbonyl (C=O) groups is 1. The molecule has 0 radical (unpaired) electrons. The van der Waals surface area contributed by atoms with E-state index in [2.05, 4.69) is 40.9 Å². The van der Waals surface area contributed by atoms with Gasteiger partial charge in [-0.05, 0) is 47.2 Å². The van der Waals surface area contributed by atoms with E-state index in [-0.39, 0.29) is 11.7 Å². The Labute approximate surface area is 144 Å². The number of rotatable bonds is 4. The molecular weight excluding hydrogens is 314 g/mol. The Bertz CT molecular complexity index is 1050. The van der Waals surface area contributed by atoms with Crippen LogP contribution in [-0.2, 0) is 0 Å². The van der Waals surface area contributed by atoms with E-state index >= 15 is 0 Å². The average Bonchev–Trinajstić information content (AvgIpc) is 3.33. The molecule has 5 heteroatoms. The van der Waals surface area contributed by atoms with Gasteiger partial charge in [0.05, 0.1) is 18.2 Å². The number of carbonyl (C=O) groups excluding carboxylic acids is 1. The minimum Gasteiger partial charge on any atom is -0.459 e. The summed E-state index contributed by atoms with van der Waals surface area (Å²) >= 11 is 0. The maximum Gasteiger partial charge on any atom is 0.307 e. The van der Waals surface area contributed by atoms with E-state index in [0.29, 0.717) is 0 Å². The Balaban J connectivity index is 1.57. The van der Waals surface area contributed by atoms with E-state index in [4.69, 9.17) is 4.42 Å². The van der Waals surface area contributed by atoms with Crippen LogP contribution in [0.4, 0.5) is 0 Å². The van der Waals surface area contributed by atoms with Gasteiger partial charge in [0.1, 0.15) is 0 Å². The fourth-order valence-electron chi connectivity index (χ4n) is 2.68. The highest BCUT2D eigenvalue weighted by Gasteiger charge is 2.06. The van der Waals surface area contributed by atoms with Gasteiger partial charge in [-0.1, -0.05) is 30.3 Å². The van der Waals surface area contributed by atoms with Crippen molar-refractivity contribution in [1.82, 2.24) is 9.99 Å². The monoisotopic (exact) mass is 329 g/mol. The standard InChI is InChI=1S/C20H15N3O2/c24-20(19-8-4-12-25-19)22-21-14-18-7-3-11-23(18)17-10-9-15-5-1-2-6-16(15)13-17/h1-14H,(H,22,24)/b21-14-. The van der Waals surface area contributed by atoms with Crippen LogP contribution < -0.4 is 5.43 Å². The van der Waals surface area contributed by atoms with Gasteiger partial charge in [0.2, 0.25) is 0 Å². The Morgan fingerprint density at radius 2 is 1.88 bits per heavy atom. The molecule has 0 aliphatic heterocycles. The number of amides is 1. The van der Waals surface area contributed by atoms with Crippen molar-refractivity contribution < 1.29 is 9.21 Å². The molecule has 1 N–H and O–H groups in total. The van der Waals surface area contributed by atoms with Crippen molar-refractivity contribution in [3.63, 3.8) is 0 Å². The van der Waals surface area contributed by atoms with Crippen LogP contribution >= 0.6 is 0 Å². The Kier molecular flexibility index (Phi) is 3.88. The summed E-state index contributed by atoms with van der Waals surface area (Å²) in [6.45, 7) is 0. The zero-order chi connectivity index (χ0) is 17.1. The Hall–Kier alpha value is -3.60. The molecule has 25 heavy (non-hydrogen) atoms. The molecule has 1 amide bonds. The number of fused-ring (bicyclic) bond motifs is 1. The highest BCUT2D eigenvalue weighted by molar-refractivity contribution is 5.92. The number of hydrazone groups is 1. The molecular formula is C20H15N3O2. The first-order chi connectivity index (χ1) is 12.3. The summed E-state index contributed by atoms with van der Waals surface area (Å²) in [5.74, 6) is -0.160. The number of benzene rings is 2. The van der Waals surface area contributed by atoms with Crippen molar-refractivity contribution in [2.75, 3.05) is 0 Å². The van der Waals surface area contributed by atoms with Crippen LogP contribution in [0.25, 0.3) is 16.5 Å². The summed E-state index contributed by atoms with van der Waals surface area (Å²) in [7, 11) is 0. The van der Waals surface area contributed by atoms with Gasteiger partial charge in [0.25, 0.3) is 0 Å². The van der Waals surface area contributed by atoms with E-state index in [9.17, 15) is 4.79 Å². The third-order valence-corrected chi connectivity index (χ3v) is 3.90. The van der Waals surface area contributed by atoms with E-state index in [0.717, 1.165) is 11.4 Å². The fourth-order valence-corrected chi connectivity index (χ4v) is 2.68. The normalized spacial score (nSPS) is 11.2. The molecule has 2 aromatic heterocycles. The van der Waals surface area contributed by atoms with Crippen LogP contribution in [0.1, 0.15) is 16.2 Å². The van der Waals surface area contributed by atoms with Crippen LogP contribution in [0.15, 0.2) is 88.7 Å². The van der Waals surface area contributed by atoms with Crippen LogP contribution in [-0.4, -0.2) is 16.7 Å². The number of furan rings is 1. The second-order valence-corrected chi connectivity index (χ2v) is 5.51. The lowest BCUT2D eigenvalue weighted by Gasteiger charge is -2.08. The smallest absolute Gasteiger partial charge is 0.307 e. The van der Waals surface area contributed by atoms with Crippen molar-refractivity contribution >= 4 is 22.9 Å². The number of aromatic nitrogens is 1. The predicted molar refractivity (Wildman–Crippen MR) is 97.0 cm³/mol. The first kappa shape index (κ1) is 15.0. The Morgan fingerprint density at radius 3 is 2.72 bits per heavy atom.